The molecule has 0 bridgehead atoms. The zero-order valence-electron chi connectivity index (χ0n) is 15.6. The summed E-state index contributed by atoms with van der Waals surface area (Å²) in [6.07, 6.45) is 0.882. The fraction of sp³-hybridized carbons (Fsp3) is 0.130. The molecule has 1 amide bonds. The summed E-state index contributed by atoms with van der Waals surface area (Å²) >= 11 is 0. The van der Waals surface area contributed by atoms with Gasteiger partial charge < -0.3 is 10.1 Å². The van der Waals surface area contributed by atoms with Crippen LogP contribution in [0.25, 0.3) is 16.7 Å². The van der Waals surface area contributed by atoms with Gasteiger partial charge in [0.1, 0.15) is 11.6 Å². The van der Waals surface area contributed by atoms with Crippen LogP contribution in [0.5, 0.6) is 5.75 Å². The zero-order chi connectivity index (χ0) is 19.3. The number of para-hydroxylation sites is 3. The number of aromatic nitrogens is 2. The van der Waals surface area contributed by atoms with E-state index in [1.807, 2.05) is 66.7 Å². The summed E-state index contributed by atoms with van der Waals surface area (Å²) in [4.78, 5) is 17.2. The van der Waals surface area contributed by atoms with Crippen molar-refractivity contribution in [2.45, 2.75) is 12.8 Å². The van der Waals surface area contributed by atoms with Crippen molar-refractivity contribution in [2.75, 3.05) is 12.4 Å². The number of ether oxygens (including phenoxy) is 1. The van der Waals surface area contributed by atoms with E-state index < -0.39 is 0 Å². The van der Waals surface area contributed by atoms with Crippen LogP contribution in [-0.4, -0.2) is 22.6 Å². The van der Waals surface area contributed by atoms with E-state index in [4.69, 9.17) is 9.72 Å². The number of methoxy groups -OCH3 is 1. The van der Waals surface area contributed by atoms with Crippen molar-refractivity contribution in [3.63, 3.8) is 0 Å². The summed E-state index contributed by atoms with van der Waals surface area (Å²) in [5.41, 5.74) is 3.73. The highest BCUT2D eigenvalue weighted by Crippen LogP contribution is 2.22. The van der Waals surface area contributed by atoms with Crippen molar-refractivity contribution in [1.82, 2.24) is 9.55 Å². The van der Waals surface area contributed by atoms with E-state index in [1.54, 1.807) is 13.2 Å². The first-order chi connectivity index (χ1) is 13.7. The number of nitrogens with zero attached hydrogens (tertiary/aromatic N) is 2. The fourth-order valence-corrected chi connectivity index (χ4v) is 3.26. The number of aryl methyl sites for hydroxylation is 1. The van der Waals surface area contributed by atoms with Crippen molar-refractivity contribution < 1.29 is 9.53 Å². The minimum absolute atomic E-state index is 0.0556. The lowest BCUT2D eigenvalue weighted by Gasteiger charge is -2.10. The van der Waals surface area contributed by atoms with E-state index >= 15 is 0 Å². The molecular formula is C23H21N3O2. The molecule has 0 fully saturated rings. The number of benzene rings is 3. The lowest BCUT2D eigenvalue weighted by molar-refractivity contribution is -0.116. The Hall–Kier alpha value is -3.60. The van der Waals surface area contributed by atoms with Crippen LogP contribution in [0.3, 0.4) is 0 Å². The third-order valence-electron chi connectivity index (χ3n) is 4.57. The number of carbonyl (C=O) groups is 1. The highest BCUT2D eigenvalue weighted by molar-refractivity contribution is 5.91. The maximum absolute atomic E-state index is 12.5. The van der Waals surface area contributed by atoms with E-state index in [2.05, 4.69) is 16.0 Å². The minimum Gasteiger partial charge on any atom is -0.497 e. The molecule has 5 heteroatoms. The zero-order valence-corrected chi connectivity index (χ0v) is 15.6. The topological polar surface area (TPSA) is 56.1 Å². The molecule has 0 atom stereocenters. The second-order valence-electron chi connectivity index (χ2n) is 6.47. The van der Waals surface area contributed by atoms with E-state index in [9.17, 15) is 4.79 Å². The molecule has 1 heterocycles. The largest absolute Gasteiger partial charge is 0.497 e. The summed E-state index contributed by atoms with van der Waals surface area (Å²) in [5.74, 6) is 1.52. The number of fused-ring (bicyclic) bond motifs is 1. The van der Waals surface area contributed by atoms with Crippen LogP contribution in [0.15, 0.2) is 78.9 Å². The van der Waals surface area contributed by atoms with Gasteiger partial charge in [0.05, 0.1) is 18.1 Å². The van der Waals surface area contributed by atoms with Crippen molar-refractivity contribution in [2.24, 2.45) is 0 Å². The second-order valence-corrected chi connectivity index (χ2v) is 6.47. The van der Waals surface area contributed by atoms with Crippen LogP contribution in [-0.2, 0) is 11.2 Å². The molecule has 4 rings (SSSR count). The van der Waals surface area contributed by atoms with Crippen LogP contribution in [0, 0.1) is 0 Å². The predicted octanol–water partition coefficient (Wildman–Crippen LogP) is 4.61. The Kier molecular flexibility index (Phi) is 5.06. The Balaban J connectivity index is 1.55. The minimum atomic E-state index is -0.0556. The molecule has 0 saturated heterocycles. The van der Waals surface area contributed by atoms with E-state index in [0.717, 1.165) is 28.2 Å². The predicted molar refractivity (Wildman–Crippen MR) is 111 cm³/mol. The van der Waals surface area contributed by atoms with Gasteiger partial charge in [0.15, 0.2) is 0 Å². The van der Waals surface area contributed by atoms with E-state index in [0.29, 0.717) is 18.6 Å². The molecule has 5 nitrogen and oxygen atoms in total. The Bertz CT molecular complexity index is 1100. The molecular weight excluding hydrogens is 350 g/mol. The van der Waals surface area contributed by atoms with Gasteiger partial charge in [0.2, 0.25) is 5.91 Å². The smallest absolute Gasteiger partial charge is 0.224 e. The van der Waals surface area contributed by atoms with Gasteiger partial charge in [-0.05, 0) is 36.4 Å². The molecule has 1 aromatic heterocycles. The normalized spacial score (nSPS) is 10.8. The first-order valence-corrected chi connectivity index (χ1v) is 9.20. The fourth-order valence-electron chi connectivity index (χ4n) is 3.26. The molecule has 0 saturated carbocycles. The first-order valence-electron chi connectivity index (χ1n) is 9.20. The summed E-state index contributed by atoms with van der Waals surface area (Å²) in [6.45, 7) is 0. The Morgan fingerprint density at radius 1 is 1.00 bits per heavy atom. The average Bonchev–Trinajstić information content (AvgIpc) is 3.11. The van der Waals surface area contributed by atoms with Crippen LogP contribution in [0.2, 0.25) is 0 Å². The maximum Gasteiger partial charge on any atom is 0.224 e. The van der Waals surface area contributed by atoms with Gasteiger partial charge >= 0.3 is 0 Å². The number of hydrogen-bond donors (Lipinski definition) is 1. The monoisotopic (exact) mass is 371 g/mol. The summed E-state index contributed by atoms with van der Waals surface area (Å²) in [7, 11) is 1.61. The molecule has 1 N–H and O–H groups in total. The molecule has 0 aliphatic carbocycles. The molecule has 28 heavy (non-hydrogen) atoms. The number of rotatable bonds is 6. The Labute approximate surface area is 163 Å². The second kappa shape index (κ2) is 7.96. The van der Waals surface area contributed by atoms with Crippen LogP contribution in [0.1, 0.15) is 12.2 Å². The molecule has 0 aliphatic rings. The number of amides is 1. The summed E-state index contributed by atoms with van der Waals surface area (Å²) < 4.78 is 7.32. The van der Waals surface area contributed by atoms with Gasteiger partial charge in [0.25, 0.3) is 0 Å². The molecule has 140 valence electrons. The van der Waals surface area contributed by atoms with E-state index in [-0.39, 0.29) is 5.91 Å². The molecule has 0 spiro atoms. The number of carbonyl (C=O) groups excluding carboxylic acids is 1. The molecule has 4 aromatic rings. The van der Waals surface area contributed by atoms with Crippen molar-refractivity contribution in [1.29, 1.82) is 0 Å². The van der Waals surface area contributed by atoms with Crippen LogP contribution < -0.4 is 10.1 Å². The molecule has 0 radical (unpaired) electrons. The number of imidazole rings is 1. The van der Waals surface area contributed by atoms with Gasteiger partial charge in [-0.3, -0.25) is 9.36 Å². The molecule has 3 aromatic carbocycles. The highest BCUT2D eigenvalue weighted by atomic mass is 16.5. The van der Waals surface area contributed by atoms with Crippen LogP contribution in [0.4, 0.5) is 5.69 Å². The van der Waals surface area contributed by atoms with Gasteiger partial charge in [-0.25, -0.2) is 4.98 Å². The quantitative estimate of drug-likeness (QED) is 0.539. The third kappa shape index (κ3) is 3.74. The maximum atomic E-state index is 12.5. The van der Waals surface area contributed by atoms with Gasteiger partial charge in [-0.15, -0.1) is 0 Å². The summed E-state index contributed by atoms with van der Waals surface area (Å²) in [5, 5.41) is 2.92. The summed E-state index contributed by atoms with van der Waals surface area (Å²) in [6, 6.07) is 25.5. The molecule has 0 aliphatic heterocycles. The SMILES string of the molecule is COc1cccc(NC(=O)CCc2nc3ccccc3n2-c2ccccc2)c1. The highest BCUT2D eigenvalue weighted by Gasteiger charge is 2.13. The standard InChI is InChI=1S/C23H21N3O2/c1-28-19-11-7-8-17(16-19)24-23(27)15-14-22-25-20-12-5-6-13-21(20)26(22)18-9-3-2-4-10-18/h2-13,16H,14-15H2,1H3,(H,24,27). The van der Waals surface area contributed by atoms with Crippen molar-refractivity contribution >= 4 is 22.6 Å². The number of anilines is 1. The Morgan fingerprint density at radius 2 is 1.79 bits per heavy atom. The van der Waals surface area contributed by atoms with Crippen molar-refractivity contribution in [3.05, 3.63) is 84.7 Å². The average molecular weight is 371 g/mol. The number of nitrogens with one attached hydrogen (secondary N) is 1. The third-order valence-corrected chi connectivity index (χ3v) is 4.57. The van der Waals surface area contributed by atoms with Crippen LogP contribution >= 0.6 is 0 Å². The lowest BCUT2D eigenvalue weighted by atomic mass is 10.2. The van der Waals surface area contributed by atoms with E-state index in [1.165, 1.54) is 0 Å². The number of hydrogen-bond acceptors (Lipinski definition) is 3. The molecule has 0 unspecified atom stereocenters. The van der Waals surface area contributed by atoms with Gasteiger partial charge in [-0.2, -0.15) is 0 Å². The Morgan fingerprint density at radius 3 is 2.61 bits per heavy atom. The first kappa shape index (κ1) is 17.8. The van der Waals surface area contributed by atoms with Gasteiger partial charge in [-0.1, -0.05) is 36.4 Å². The van der Waals surface area contributed by atoms with Crippen molar-refractivity contribution in [3.8, 4) is 11.4 Å². The lowest BCUT2D eigenvalue weighted by Crippen LogP contribution is -2.13. The van der Waals surface area contributed by atoms with Gasteiger partial charge in [0, 0.05) is 30.3 Å².